The molecule has 0 unspecified atom stereocenters. The molecule has 0 radical (unpaired) electrons. The van der Waals surface area contributed by atoms with E-state index < -0.39 is 23.6 Å². The van der Waals surface area contributed by atoms with Gasteiger partial charge < -0.3 is 5.73 Å². The highest BCUT2D eigenvalue weighted by atomic mass is 19.4. The Morgan fingerprint density at radius 2 is 1.85 bits per heavy atom. The van der Waals surface area contributed by atoms with Crippen LogP contribution in [-0.2, 0) is 5.92 Å². The third kappa shape index (κ3) is 2.62. The van der Waals surface area contributed by atoms with E-state index in [2.05, 4.69) is 9.97 Å². The normalized spacial score (nSPS) is 16.0. The maximum absolute atomic E-state index is 14.2. The highest BCUT2D eigenvalue weighted by Gasteiger charge is 2.59. The summed E-state index contributed by atoms with van der Waals surface area (Å²) in [6.07, 6.45) is -2.37. The summed E-state index contributed by atoms with van der Waals surface area (Å²) in [6.45, 7) is 0. The maximum Gasteiger partial charge on any atom is 0.458 e. The Labute approximate surface area is 149 Å². The third-order valence-electron chi connectivity index (χ3n) is 4.89. The Hall–Kier alpha value is -2.78. The van der Waals surface area contributed by atoms with Crippen LogP contribution < -0.4 is 5.73 Å². The minimum atomic E-state index is -5.75. The second kappa shape index (κ2) is 5.61. The van der Waals surface area contributed by atoms with Crippen molar-refractivity contribution >= 4 is 22.6 Å². The van der Waals surface area contributed by atoms with Crippen LogP contribution >= 0.6 is 0 Å². The molecular weight excluding hydrogens is 371 g/mol. The molecule has 0 spiro atoms. The molecule has 2 N–H and O–H groups in total. The quantitative estimate of drug-likeness (QED) is 0.696. The van der Waals surface area contributed by atoms with E-state index in [0.717, 1.165) is 18.6 Å². The number of pyridine rings is 2. The zero-order chi connectivity index (χ0) is 19.6. The van der Waals surface area contributed by atoms with Crippen molar-refractivity contribution in [3.8, 4) is 0 Å². The van der Waals surface area contributed by atoms with Gasteiger partial charge in [0.2, 0.25) is 0 Å². The smallest absolute Gasteiger partial charge is 0.364 e. The number of carbonyl (C=O) groups is 1. The number of nitrogens with zero attached hydrogens (tertiary/aromatic N) is 3. The van der Waals surface area contributed by atoms with Crippen LogP contribution in [0.1, 0.15) is 46.9 Å². The van der Waals surface area contributed by atoms with Gasteiger partial charge in [0.15, 0.2) is 0 Å². The molecule has 0 saturated heterocycles. The van der Waals surface area contributed by atoms with Gasteiger partial charge in [0, 0.05) is 28.8 Å². The monoisotopic (exact) mass is 384 g/mol. The number of primary amides is 1. The van der Waals surface area contributed by atoms with Crippen LogP contribution in [0.2, 0.25) is 0 Å². The molecule has 0 bridgehead atoms. The van der Waals surface area contributed by atoms with Crippen LogP contribution in [0.15, 0.2) is 24.4 Å². The fraction of sp³-hybridized carbons (Fsp3) is 0.353. The zero-order valence-corrected chi connectivity index (χ0v) is 13.7. The highest BCUT2D eigenvalue weighted by molar-refractivity contribution is 5.92. The van der Waals surface area contributed by atoms with Crippen molar-refractivity contribution in [3.63, 3.8) is 0 Å². The van der Waals surface area contributed by atoms with Crippen molar-refractivity contribution in [2.45, 2.75) is 37.3 Å². The Morgan fingerprint density at radius 1 is 1.15 bits per heavy atom. The molecule has 3 aromatic rings. The lowest BCUT2D eigenvalue weighted by Gasteiger charge is -2.27. The van der Waals surface area contributed by atoms with E-state index >= 15 is 0 Å². The van der Waals surface area contributed by atoms with Crippen LogP contribution in [0.5, 0.6) is 0 Å². The summed E-state index contributed by atoms with van der Waals surface area (Å²) in [5.41, 5.74) is 4.13. The molecule has 1 aliphatic carbocycles. The Kier molecular flexibility index (Phi) is 3.66. The van der Waals surface area contributed by atoms with Crippen LogP contribution in [0, 0.1) is 0 Å². The third-order valence-corrected chi connectivity index (χ3v) is 4.89. The van der Waals surface area contributed by atoms with E-state index in [4.69, 9.17) is 5.73 Å². The average Bonchev–Trinajstić information content (AvgIpc) is 2.96. The molecule has 1 aliphatic rings. The lowest BCUT2D eigenvalue weighted by Crippen LogP contribution is -2.34. The van der Waals surface area contributed by atoms with Crippen LogP contribution in [0.4, 0.5) is 22.0 Å². The van der Waals surface area contributed by atoms with Crippen molar-refractivity contribution in [3.05, 3.63) is 41.3 Å². The minimum Gasteiger partial charge on any atom is -0.364 e. The Bertz CT molecular complexity index is 1070. The zero-order valence-electron chi connectivity index (χ0n) is 13.7. The molecule has 142 valence electrons. The number of halogens is 5. The van der Waals surface area contributed by atoms with E-state index in [9.17, 15) is 26.7 Å². The molecule has 0 aliphatic heterocycles. The topological polar surface area (TPSA) is 73.3 Å². The van der Waals surface area contributed by atoms with Crippen LogP contribution in [0.25, 0.3) is 16.7 Å². The molecule has 0 atom stereocenters. The number of aromatic nitrogens is 3. The van der Waals surface area contributed by atoms with E-state index in [1.807, 2.05) is 0 Å². The summed E-state index contributed by atoms with van der Waals surface area (Å²) in [7, 11) is 0. The molecule has 3 aromatic heterocycles. The summed E-state index contributed by atoms with van der Waals surface area (Å²) in [5, 5.41) is -0.360. The van der Waals surface area contributed by atoms with Gasteiger partial charge in [-0.1, -0.05) is 6.42 Å². The molecule has 27 heavy (non-hydrogen) atoms. The van der Waals surface area contributed by atoms with Gasteiger partial charge in [0.1, 0.15) is 17.0 Å². The van der Waals surface area contributed by atoms with Crippen LogP contribution in [-0.4, -0.2) is 26.5 Å². The number of amides is 1. The lowest BCUT2D eigenvalue weighted by molar-refractivity contribution is -0.288. The van der Waals surface area contributed by atoms with E-state index in [0.29, 0.717) is 12.8 Å². The fourth-order valence-corrected chi connectivity index (χ4v) is 3.19. The van der Waals surface area contributed by atoms with Crippen LogP contribution in [0.3, 0.4) is 0 Å². The molecule has 3 heterocycles. The van der Waals surface area contributed by atoms with Gasteiger partial charge in [0.05, 0.1) is 0 Å². The Balaban J connectivity index is 2.07. The van der Waals surface area contributed by atoms with Crippen molar-refractivity contribution in [1.82, 2.24) is 14.4 Å². The van der Waals surface area contributed by atoms with Gasteiger partial charge in [0.25, 0.3) is 5.91 Å². The second-order valence-electron chi connectivity index (χ2n) is 6.58. The number of alkyl halides is 5. The van der Waals surface area contributed by atoms with E-state index in [1.54, 1.807) is 0 Å². The molecule has 1 amide bonds. The molecule has 10 heteroatoms. The standard InChI is InChI=1S/C17H13F5N4O/c18-16(19,17(20,21)22)10-6-11(8-2-1-3-8)25-15-9(10)4-5-13-24-12(14(23)27)7-26(13)15/h4-8H,1-3H2,(H2,23,27). The number of imidazole rings is 1. The van der Waals surface area contributed by atoms with E-state index in [-0.39, 0.29) is 34.0 Å². The van der Waals surface area contributed by atoms with Gasteiger partial charge in [-0.25, -0.2) is 9.97 Å². The average molecular weight is 384 g/mol. The number of hydrogen-bond donors (Lipinski definition) is 1. The fourth-order valence-electron chi connectivity index (χ4n) is 3.19. The first-order chi connectivity index (χ1) is 12.6. The first kappa shape index (κ1) is 17.6. The summed E-state index contributed by atoms with van der Waals surface area (Å²) in [4.78, 5) is 19.6. The van der Waals surface area contributed by atoms with Gasteiger partial charge in [-0.3, -0.25) is 9.20 Å². The first-order valence-corrected chi connectivity index (χ1v) is 8.17. The molecule has 5 nitrogen and oxygen atoms in total. The highest BCUT2D eigenvalue weighted by Crippen LogP contribution is 2.47. The summed E-state index contributed by atoms with van der Waals surface area (Å²) >= 11 is 0. The molecular formula is C17H13F5N4O. The predicted octanol–water partition coefficient (Wildman–Crippen LogP) is 3.90. The number of nitrogens with two attached hydrogens (primary N) is 1. The number of rotatable bonds is 3. The first-order valence-electron chi connectivity index (χ1n) is 8.17. The SMILES string of the molecule is NC(=O)c1cn2c(ccc3c(C(F)(F)C(F)(F)F)cc(C4CCC4)nc32)n1. The van der Waals surface area contributed by atoms with E-state index in [1.165, 1.54) is 16.7 Å². The molecule has 1 fully saturated rings. The van der Waals surface area contributed by atoms with Crippen molar-refractivity contribution in [1.29, 1.82) is 0 Å². The Morgan fingerprint density at radius 3 is 2.41 bits per heavy atom. The van der Waals surface area contributed by atoms with Gasteiger partial charge in [-0.15, -0.1) is 0 Å². The number of carbonyl (C=O) groups excluding carboxylic acids is 1. The maximum atomic E-state index is 14.2. The van der Waals surface area contributed by atoms with Gasteiger partial charge >= 0.3 is 12.1 Å². The number of hydrogen-bond acceptors (Lipinski definition) is 3. The predicted molar refractivity (Wildman–Crippen MR) is 85.6 cm³/mol. The summed E-state index contributed by atoms with van der Waals surface area (Å²) in [5.74, 6) is -6.07. The van der Waals surface area contributed by atoms with Crippen molar-refractivity contribution in [2.24, 2.45) is 5.73 Å². The largest absolute Gasteiger partial charge is 0.458 e. The minimum absolute atomic E-state index is 0.115. The summed E-state index contributed by atoms with van der Waals surface area (Å²) in [6, 6.07) is 3.20. The van der Waals surface area contributed by atoms with Crippen molar-refractivity contribution < 1.29 is 26.7 Å². The van der Waals surface area contributed by atoms with Gasteiger partial charge in [-0.05, 0) is 31.0 Å². The number of fused-ring (bicyclic) bond motifs is 3. The second-order valence-corrected chi connectivity index (χ2v) is 6.58. The molecule has 0 aromatic carbocycles. The molecule has 1 saturated carbocycles. The van der Waals surface area contributed by atoms with Crippen molar-refractivity contribution in [2.75, 3.05) is 0 Å². The van der Waals surface area contributed by atoms with Gasteiger partial charge in [-0.2, -0.15) is 22.0 Å². The lowest BCUT2D eigenvalue weighted by atomic mass is 9.82. The summed E-state index contributed by atoms with van der Waals surface area (Å²) < 4.78 is 68.8. The molecule has 4 rings (SSSR count).